The van der Waals surface area contributed by atoms with Gasteiger partial charge in [-0.25, -0.2) is 9.59 Å². The predicted octanol–water partition coefficient (Wildman–Crippen LogP) is 5.49. The predicted molar refractivity (Wildman–Crippen MR) is 163 cm³/mol. The van der Waals surface area contributed by atoms with Crippen LogP contribution in [0.25, 0.3) is 0 Å². The molecule has 0 bridgehead atoms. The fourth-order valence-electron chi connectivity index (χ4n) is 5.69. The highest BCUT2D eigenvalue weighted by molar-refractivity contribution is 6.00. The summed E-state index contributed by atoms with van der Waals surface area (Å²) < 4.78 is 75.1. The second-order valence-corrected chi connectivity index (χ2v) is 10.8. The van der Waals surface area contributed by atoms with Crippen LogP contribution >= 0.6 is 0 Å². The quantitative estimate of drug-likeness (QED) is 0.172. The molecule has 2 aromatic carbocycles. The zero-order valence-electron chi connectivity index (χ0n) is 26.3. The number of allylic oxidation sites excluding steroid dienone is 2. The van der Waals surface area contributed by atoms with E-state index in [2.05, 4.69) is 19.9 Å². The molecule has 1 unspecified atom stereocenters. The Hall–Kier alpha value is -4.26. The number of methoxy groups -OCH3 is 1. The van der Waals surface area contributed by atoms with E-state index in [0.717, 1.165) is 43.7 Å². The highest BCUT2D eigenvalue weighted by atomic mass is 19.3. The summed E-state index contributed by atoms with van der Waals surface area (Å²) in [5.74, 6) is -2.69. The first-order valence-corrected chi connectivity index (χ1v) is 15.1. The lowest BCUT2D eigenvalue weighted by atomic mass is 9.80. The van der Waals surface area contributed by atoms with Crippen LogP contribution in [0.15, 0.2) is 71.1 Å². The number of anilines is 1. The van der Waals surface area contributed by atoms with Gasteiger partial charge in [-0.3, -0.25) is 4.90 Å². The van der Waals surface area contributed by atoms with Crippen molar-refractivity contribution in [3.63, 3.8) is 0 Å². The highest BCUT2D eigenvalue weighted by Crippen LogP contribution is 2.44. The number of dihydropyridines is 1. The SMILES string of the molecule is CCOC(=O)C1=C(C)NC(C)=C(C(=O)OCCCN2CCN(c3ccccc3OC)CC2)C1c1ccccc1OC(F)(F)C(F)F. The van der Waals surface area contributed by atoms with Crippen LogP contribution in [0.2, 0.25) is 0 Å². The van der Waals surface area contributed by atoms with Gasteiger partial charge in [0.2, 0.25) is 0 Å². The molecule has 0 spiro atoms. The molecule has 0 aromatic heterocycles. The number of para-hydroxylation sites is 3. The number of hydrogen-bond acceptors (Lipinski definition) is 9. The number of esters is 2. The Kier molecular flexibility index (Phi) is 11.5. The first-order valence-electron chi connectivity index (χ1n) is 15.1. The van der Waals surface area contributed by atoms with E-state index >= 15 is 0 Å². The number of alkyl halides is 4. The van der Waals surface area contributed by atoms with Gasteiger partial charge in [-0.2, -0.15) is 17.6 Å². The van der Waals surface area contributed by atoms with Crippen molar-refractivity contribution in [3.05, 3.63) is 76.6 Å². The topological polar surface area (TPSA) is 89.6 Å². The minimum Gasteiger partial charge on any atom is -0.495 e. The third kappa shape index (κ3) is 7.93. The molecule has 9 nitrogen and oxygen atoms in total. The van der Waals surface area contributed by atoms with E-state index in [1.54, 1.807) is 27.9 Å². The number of nitrogens with zero attached hydrogens (tertiary/aromatic N) is 2. The Bertz CT molecular complexity index is 1460. The third-order valence-electron chi connectivity index (χ3n) is 7.86. The van der Waals surface area contributed by atoms with Crippen LogP contribution in [0.1, 0.15) is 38.7 Å². The molecule has 2 aliphatic heterocycles. The number of carbonyl (C=O) groups is 2. The van der Waals surface area contributed by atoms with E-state index in [9.17, 15) is 27.2 Å². The second-order valence-electron chi connectivity index (χ2n) is 10.8. The average molecular weight is 650 g/mol. The summed E-state index contributed by atoms with van der Waals surface area (Å²) in [6.45, 7) is 8.65. The van der Waals surface area contributed by atoms with Crippen LogP contribution in [0, 0.1) is 0 Å². The molecule has 0 amide bonds. The number of piperazine rings is 1. The Morgan fingerprint density at radius 1 is 0.913 bits per heavy atom. The van der Waals surface area contributed by atoms with Gasteiger partial charge in [0.25, 0.3) is 0 Å². The summed E-state index contributed by atoms with van der Waals surface area (Å²) in [7, 11) is 1.65. The van der Waals surface area contributed by atoms with Crippen molar-refractivity contribution >= 4 is 17.6 Å². The van der Waals surface area contributed by atoms with Gasteiger partial charge in [0, 0.05) is 49.7 Å². The van der Waals surface area contributed by atoms with Crippen molar-refractivity contribution in [3.8, 4) is 11.5 Å². The van der Waals surface area contributed by atoms with Gasteiger partial charge in [0.1, 0.15) is 11.5 Å². The number of nitrogens with one attached hydrogen (secondary N) is 1. The van der Waals surface area contributed by atoms with Gasteiger partial charge in [-0.1, -0.05) is 30.3 Å². The molecular formula is C33H39F4N3O6. The van der Waals surface area contributed by atoms with Crippen LogP contribution in [-0.4, -0.2) is 82.4 Å². The summed E-state index contributed by atoms with van der Waals surface area (Å²) in [6.07, 6.45) is -8.41. The Labute approximate surface area is 265 Å². The van der Waals surface area contributed by atoms with Crippen LogP contribution in [0.4, 0.5) is 23.2 Å². The molecule has 1 saturated heterocycles. The lowest BCUT2D eigenvalue weighted by Gasteiger charge is -2.36. The number of carbonyl (C=O) groups excluding carboxylic acids is 2. The molecule has 2 heterocycles. The van der Waals surface area contributed by atoms with Crippen LogP contribution in [-0.2, 0) is 19.1 Å². The van der Waals surface area contributed by atoms with E-state index in [4.69, 9.17) is 14.2 Å². The molecule has 46 heavy (non-hydrogen) atoms. The standard InChI is InChI=1S/C33H39F4N3O6/c1-5-44-30(41)27-21(2)38-22(3)28(29(27)23-11-6-8-13-25(23)46-33(36,37)32(34)35)31(42)45-20-10-15-39-16-18-40(19-17-39)24-12-7-9-14-26(24)43-4/h6-9,11-14,29,32,38H,5,10,15-20H2,1-4H3. The Balaban J connectivity index is 1.47. The van der Waals surface area contributed by atoms with E-state index in [1.807, 2.05) is 24.3 Å². The largest absolute Gasteiger partial charge is 0.495 e. The van der Waals surface area contributed by atoms with Crippen LogP contribution in [0.3, 0.4) is 0 Å². The Morgan fingerprint density at radius 3 is 2.11 bits per heavy atom. The molecule has 250 valence electrons. The molecule has 2 aliphatic rings. The third-order valence-corrected chi connectivity index (χ3v) is 7.86. The molecule has 1 atom stereocenters. The Morgan fingerprint density at radius 2 is 1.50 bits per heavy atom. The summed E-state index contributed by atoms with van der Waals surface area (Å²) >= 11 is 0. The lowest BCUT2D eigenvalue weighted by molar-refractivity contribution is -0.253. The number of rotatable bonds is 13. The van der Waals surface area contributed by atoms with Gasteiger partial charge < -0.3 is 29.2 Å². The van der Waals surface area contributed by atoms with Crippen molar-refractivity contribution in [1.82, 2.24) is 10.2 Å². The van der Waals surface area contributed by atoms with Crippen LogP contribution in [0.5, 0.6) is 11.5 Å². The molecule has 1 N–H and O–H groups in total. The highest BCUT2D eigenvalue weighted by Gasteiger charge is 2.46. The summed E-state index contributed by atoms with van der Waals surface area (Å²) in [5.41, 5.74) is 1.46. The molecule has 4 rings (SSSR count). The average Bonchev–Trinajstić information content (AvgIpc) is 3.03. The number of halogens is 4. The minimum atomic E-state index is -4.82. The molecule has 13 heteroatoms. The van der Waals surface area contributed by atoms with E-state index in [1.165, 1.54) is 18.2 Å². The number of benzene rings is 2. The fraction of sp³-hybridized carbons (Fsp3) is 0.455. The first kappa shape index (κ1) is 34.6. The van der Waals surface area contributed by atoms with Crippen molar-refractivity contribution in [2.45, 2.75) is 45.6 Å². The summed E-state index contributed by atoms with van der Waals surface area (Å²) in [4.78, 5) is 31.3. The maximum Gasteiger partial charge on any atom is 0.461 e. The van der Waals surface area contributed by atoms with Crippen molar-refractivity contribution in [2.24, 2.45) is 0 Å². The second kappa shape index (κ2) is 15.4. The van der Waals surface area contributed by atoms with Crippen molar-refractivity contribution in [1.29, 1.82) is 0 Å². The van der Waals surface area contributed by atoms with Gasteiger partial charge >= 0.3 is 24.5 Å². The van der Waals surface area contributed by atoms with Gasteiger partial charge in [0.15, 0.2) is 0 Å². The molecule has 0 radical (unpaired) electrons. The van der Waals surface area contributed by atoms with E-state index in [0.29, 0.717) is 24.4 Å². The molecule has 0 aliphatic carbocycles. The monoisotopic (exact) mass is 649 g/mol. The fourth-order valence-corrected chi connectivity index (χ4v) is 5.69. The van der Waals surface area contributed by atoms with Gasteiger partial charge in [-0.15, -0.1) is 0 Å². The first-order chi connectivity index (χ1) is 22.0. The van der Waals surface area contributed by atoms with Crippen LogP contribution < -0.4 is 19.7 Å². The molecule has 1 fully saturated rings. The minimum absolute atomic E-state index is 0.000434. The zero-order valence-corrected chi connectivity index (χ0v) is 26.3. The molecular weight excluding hydrogens is 610 g/mol. The normalized spacial score (nSPS) is 17.6. The van der Waals surface area contributed by atoms with Crippen molar-refractivity contribution < 1.29 is 46.1 Å². The van der Waals surface area contributed by atoms with Gasteiger partial charge in [-0.05, 0) is 45.4 Å². The van der Waals surface area contributed by atoms with Crippen molar-refractivity contribution in [2.75, 3.05) is 57.9 Å². The summed E-state index contributed by atoms with van der Waals surface area (Å²) in [5, 5.41) is 2.98. The molecule has 2 aromatic rings. The van der Waals surface area contributed by atoms with E-state index < -0.39 is 36.1 Å². The maximum atomic E-state index is 14.1. The number of hydrogen-bond donors (Lipinski definition) is 1. The summed E-state index contributed by atoms with van der Waals surface area (Å²) in [6, 6.07) is 13.1. The van der Waals surface area contributed by atoms with E-state index in [-0.39, 0.29) is 29.9 Å². The zero-order chi connectivity index (χ0) is 33.4. The molecule has 0 saturated carbocycles. The maximum absolute atomic E-state index is 14.1. The lowest BCUT2D eigenvalue weighted by Crippen LogP contribution is -2.46. The van der Waals surface area contributed by atoms with Gasteiger partial charge in [0.05, 0.1) is 43.1 Å². The number of ether oxygens (including phenoxy) is 4. The smallest absolute Gasteiger partial charge is 0.461 e.